The number of rotatable bonds is 3. The first-order valence-electron chi connectivity index (χ1n) is 6.87. The topological polar surface area (TPSA) is 69.6 Å². The number of benzene rings is 1. The van der Waals surface area contributed by atoms with Crippen LogP contribution in [-0.2, 0) is 16.0 Å². The second kappa shape index (κ2) is 6.41. The van der Waals surface area contributed by atoms with E-state index in [0.29, 0.717) is 32.4 Å². The Labute approximate surface area is 118 Å². The van der Waals surface area contributed by atoms with Crippen LogP contribution in [0.2, 0.25) is 0 Å². The zero-order valence-corrected chi connectivity index (χ0v) is 11.6. The first kappa shape index (κ1) is 14.4. The zero-order chi connectivity index (χ0) is 14.5. The molecule has 1 heterocycles. The SMILES string of the molecule is CNC(=O)C1CCN(C(=O)Cc2cccc(O)c2)CC1. The van der Waals surface area contributed by atoms with Gasteiger partial charge >= 0.3 is 0 Å². The fraction of sp³-hybridized carbons (Fsp3) is 0.467. The molecule has 1 fully saturated rings. The third-order valence-corrected chi connectivity index (χ3v) is 3.73. The lowest BCUT2D eigenvalue weighted by molar-refractivity contribution is -0.134. The van der Waals surface area contributed by atoms with Crippen molar-refractivity contribution >= 4 is 11.8 Å². The monoisotopic (exact) mass is 276 g/mol. The molecule has 0 saturated carbocycles. The maximum absolute atomic E-state index is 12.2. The Balaban J connectivity index is 1.87. The Morgan fingerprint density at radius 3 is 2.65 bits per heavy atom. The highest BCUT2D eigenvalue weighted by Crippen LogP contribution is 2.19. The molecule has 20 heavy (non-hydrogen) atoms. The van der Waals surface area contributed by atoms with E-state index in [-0.39, 0.29) is 23.5 Å². The Morgan fingerprint density at radius 2 is 2.05 bits per heavy atom. The average Bonchev–Trinajstić information content (AvgIpc) is 2.46. The largest absolute Gasteiger partial charge is 0.508 e. The molecule has 0 aliphatic carbocycles. The molecule has 0 atom stereocenters. The van der Waals surface area contributed by atoms with Crippen molar-refractivity contribution in [3.05, 3.63) is 29.8 Å². The van der Waals surface area contributed by atoms with Crippen molar-refractivity contribution in [3.8, 4) is 5.75 Å². The van der Waals surface area contributed by atoms with Crippen LogP contribution in [0.4, 0.5) is 0 Å². The summed E-state index contributed by atoms with van der Waals surface area (Å²) in [6, 6.07) is 6.75. The van der Waals surface area contributed by atoms with E-state index in [0.717, 1.165) is 5.56 Å². The Hall–Kier alpha value is -2.04. The number of carbonyl (C=O) groups excluding carboxylic acids is 2. The second-order valence-corrected chi connectivity index (χ2v) is 5.12. The van der Waals surface area contributed by atoms with Crippen molar-refractivity contribution in [1.82, 2.24) is 10.2 Å². The van der Waals surface area contributed by atoms with Gasteiger partial charge in [-0.3, -0.25) is 9.59 Å². The molecule has 1 aliphatic rings. The number of phenols is 1. The molecule has 5 nitrogen and oxygen atoms in total. The van der Waals surface area contributed by atoms with Gasteiger partial charge in [0.25, 0.3) is 0 Å². The highest BCUT2D eigenvalue weighted by atomic mass is 16.3. The van der Waals surface area contributed by atoms with E-state index in [1.54, 1.807) is 30.1 Å². The molecular formula is C15H20N2O3. The quantitative estimate of drug-likeness (QED) is 0.862. The summed E-state index contributed by atoms with van der Waals surface area (Å²) in [4.78, 5) is 25.5. The van der Waals surface area contributed by atoms with E-state index in [1.165, 1.54) is 0 Å². The van der Waals surface area contributed by atoms with Gasteiger partial charge in [0.05, 0.1) is 6.42 Å². The van der Waals surface area contributed by atoms with Crippen LogP contribution in [0.5, 0.6) is 5.75 Å². The second-order valence-electron chi connectivity index (χ2n) is 5.12. The summed E-state index contributed by atoms with van der Waals surface area (Å²) < 4.78 is 0. The predicted molar refractivity (Wildman–Crippen MR) is 75.2 cm³/mol. The molecule has 1 aliphatic heterocycles. The smallest absolute Gasteiger partial charge is 0.226 e. The number of hydrogen-bond acceptors (Lipinski definition) is 3. The van der Waals surface area contributed by atoms with Crippen molar-refractivity contribution in [3.63, 3.8) is 0 Å². The van der Waals surface area contributed by atoms with Gasteiger partial charge in [0.15, 0.2) is 0 Å². The van der Waals surface area contributed by atoms with E-state index < -0.39 is 0 Å². The van der Waals surface area contributed by atoms with E-state index in [2.05, 4.69) is 5.32 Å². The summed E-state index contributed by atoms with van der Waals surface area (Å²) in [6.07, 6.45) is 1.72. The first-order chi connectivity index (χ1) is 9.60. The predicted octanol–water partition coefficient (Wildman–Crippen LogP) is 0.919. The number of carbonyl (C=O) groups is 2. The van der Waals surface area contributed by atoms with Gasteiger partial charge in [-0.05, 0) is 30.5 Å². The Bertz CT molecular complexity index is 494. The van der Waals surface area contributed by atoms with Gasteiger partial charge in [0.1, 0.15) is 5.75 Å². The number of hydrogen-bond donors (Lipinski definition) is 2. The molecule has 0 radical (unpaired) electrons. The van der Waals surface area contributed by atoms with E-state index in [4.69, 9.17) is 0 Å². The van der Waals surface area contributed by atoms with Crippen molar-refractivity contribution in [1.29, 1.82) is 0 Å². The van der Waals surface area contributed by atoms with Crippen LogP contribution >= 0.6 is 0 Å². The van der Waals surface area contributed by atoms with Crippen LogP contribution in [0.3, 0.4) is 0 Å². The average molecular weight is 276 g/mol. The van der Waals surface area contributed by atoms with Crippen molar-refractivity contribution < 1.29 is 14.7 Å². The van der Waals surface area contributed by atoms with Gasteiger partial charge in [-0.1, -0.05) is 12.1 Å². The van der Waals surface area contributed by atoms with Crippen LogP contribution in [0.1, 0.15) is 18.4 Å². The standard InChI is InChI=1S/C15H20N2O3/c1-16-15(20)12-5-7-17(8-6-12)14(19)10-11-3-2-4-13(18)9-11/h2-4,9,12,18H,5-8,10H2,1H3,(H,16,20). The molecular weight excluding hydrogens is 256 g/mol. The number of likely N-dealkylation sites (tertiary alicyclic amines) is 1. The van der Waals surface area contributed by atoms with Gasteiger partial charge in [-0.25, -0.2) is 0 Å². The van der Waals surface area contributed by atoms with Crippen LogP contribution in [0.25, 0.3) is 0 Å². The maximum Gasteiger partial charge on any atom is 0.226 e. The number of aromatic hydroxyl groups is 1. The molecule has 2 amide bonds. The fourth-order valence-corrected chi connectivity index (χ4v) is 2.55. The highest BCUT2D eigenvalue weighted by molar-refractivity contribution is 5.81. The molecule has 1 aromatic rings. The van der Waals surface area contributed by atoms with Gasteiger partial charge < -0.3 is 15.3 Å². The third-order valence-electron chi connectivity index (χ3n) is 3.73. The molecule has 0 bridgehead atoms. The lowest BCUT2D eigenvalue weighted by Crippen LogP contribution is -2.42. The van der Waals surface area contributed by atoms with Crippen molar-refractivity contribution in [2.45, 2.75) is 19.3 Å². The van der Waals surface area contributed by atoms with E-state index >= 15 is 0 Å². The zero-order valence-electron chi connectivity index (χ0n) is 11.6. The number of nitrogens with one attached hydrogen (secondary N) is 1. The van der Waals surface area contributed by atoms with Crippen LogP contribution in [0, 0.1) is 5.92 Å². The van der Waals surface area contributed by atoms with Gasteiger partial charge in [-0.15, -0.1) is 0 Å². The summed E-state index contributed by atoms with van der Waals surface area (Å²) in [5.74, 6) is 0.300. The van der Waals surface area contributed by atoms with Gasteiger partial charge in [0, 0.05) is 26.1 Å². The minimum atomic E-state index is 0.0184. The number of phenolic OH excluding ortho intramolecular Hbond substituents is 1. The van der Waals surface area contributed by atoms with Gasteiger partial charge in [0.2, 0.25) is 11.8 Å². The maximum atomic E-state index is 12.2. The van der Waals surface area contributed by atoms with Gasteiger partial charge in [-0.2, -0.15) is 0 Å². The van der Waals surface area contributed by atoms with Crippen LogP contribution in [-0.4, -0.2) is 42.0 Å². The van der Waals surface area contributed by atoms with Crippen LogP contribution < -0.4 is 5.32 Å². The van der Waals surface area contributed by atoms with Crippen molar-refractivity contribution in [2.75, 3.05) is 20.1 Å². The molecule has 2 rings (SSSR count). The third kappa shape index (κ3) is 3.50. The summed E-state index contributed by atoms with van der Waals surface area (Å²) in [5.41, 5.74) is 0.809. The Morgan fingerprint density at radius 1 is 1.35 bits per heavy atom. The molecule has 0 aromatic heterocycles. The summed E-state index contributed by atoms with van der Waals surface area (Å²) in [7, 11) is 1.64. The minimum absolute atomic E-state index is 0.0184. The number of piperidine rings is 1. The summed E-state index contributed by atoms with van der Waals surface area (Å²) in [6.45, 7) is 1.24. The number of amides is 2. The minimum Gasteiger partial charge on any atom is -0.508 e. The van der Waals surface area contributed by atoms with E-state index in [1.807, 2.05) is 6.07 Å². The Kier molecular flexibility index (Phi) is 4.61. The van der Waals surface area contributed by atoms with E-state index in [9.17, 15) is 14.7 Å². The van der Waals surface area contributed by atoms with Crippen molar-refractivity contribution in [2.24, 2.45) is 5.92 Å². The molecule has 108 valence electrons. The molecule has 0 unspecified atom stereocenters. The number of nitrogens with zero attached hydrogens (tertiary/aromatic N) is 1. The van der Waals surface area contributed by atoms with Crippen LogP contribution in [0.15, 0.2) is 24.3 Å². The summed E-state index contributed by atoms with van der Waals surface area (Å²) in [5, 5.41) is 12.0. The molecule has 1 saturated heterocycles. The summed E-state index contributed by atoms with van der Waals surface area (Å²) >= 11 is 0. The fourth-order valence-electron chi connectivity index (χ4n) is 2.55. The highest BCUT2D eigenvalue weighted by Gasteiger charge is 2.26. The molecule has 5 heteroatoms. The lowest BCUT2D eigenvalue weighted by Gasteiger charge is -2.31. The molecule has 2 N–H and O–H groups in total. The molecule has 0 spiro atoms. The normalized spacial score (nSPS) is 15.9. The molecule has 1 aromatic carbocycles. The first-order valence-corrected chi connectivity index (χ1v) is 6.87. The lowest BCUT2D eigenvalue weighted by atomic mass is 9.95.